The van der Waals surface area contributed by atoms with Crippen molar-refractivity contribution in [3.63, 3.8) is 0 Å². The van der Waals surface area contributed by atoms with Crippen LogP contribution in [0.4, 0.5) is 11.4 Å². The summed E-state index contributed by atoms with van der Waals surface area (Å²) in [4.78, 5) is 15.7. The molecule has 0 atom stereocenters. The number of aryl methyl sites for hydroxylation is 1. The maximum atomic E-state index is 12.3. The Morgan fingerprint density at radius 3 is 2.33 bits per heavy atom. The smallest absolute Gasteiger partial charge is 0.280 e. The van der Waals surface area contributed by atoms with Gasteiger partial charge < -0.3 is 16.8 Å². The van der Waals surface area contributed by atoms with Crippen LogP contribution in [0, 0.1) is 11.3 Å². The summed E-state index contributed by atoms with van der Waals surface area (Å²) in [5, 5.41) is 11.9. The summed E-state index contributed by atoms with van der Waals surface area (Å²) in [5.41, 5.74) is 12.6. The molecule has 2 aromatic carbocycles. The number of benzene rings is 2. The molecule has 0 radical (unpaired) electrons. The number of anilines is 2. The number of rotatable bonds is 5. The predicted molar refractivity (Wildman–Crippen MR) is 104 cm³/mol. The van der Waals surface area contributed by atoms with E-state index in [0.717, 1.165) is 6.26 Å². The summed E-state index contributed by atoms with van der Waals surface area (Å²) in [6.07, 6.45) is 1.51. The van der Waals surface area contributed by atoms with E-state index < -0.39 is 21.7 Å². The number of sulfone groups is 1. The quantitative estimate of drug-likeness (QED) is 0.523. The summed E-state index contributed by atoms with van der Waals surface area (Å²) in [7, 11) is -3.65. The minimum atomic E-state index is -3.65. The Kier molecular flexibility index (Phi) is 5.82. The minimum Gasteiger partial charge on any atom is -0.370 e. The Morgan fingerprint density at radius 1 is 1.22 bits per heavy atom. The van der Waals surface area contributed by atoms with Gasteiger partial charge in [-0.2, -0.15) is 10.3 Å². The molecule has 9 heteroatoms. The minimum absolute atomic E-state index is 0.0572. The summed E-state index contributed by atoms with van der Waals surface area (Å²) >= 11 is 0. The average Bonchev–Trinajstić information content (AvgIpc) is 2.60. The number of nitrogens with zero attached hydrogens (tertiary/aromatic N) is 2. The second-order valence-electron chi connectivity index (χ2n) is 5.79. The first-order valence-corrected chi connectivity index (χ1v) is 9.83. The molecule has 0 aliphatic carbocycles. The van der Waals surface area contributed by atoms with Gasteiger partial charge in [-0.25, -0.2) is 8.42 Å². The number of nitrogens with one attached hydrogen (secondary N) is 1. The molecule has 0 fully saturated rings. The molecule has 0 aliphatic rings. The number of nitrogens with two attached hydrogens (primary N) is 2. The number of nitriles is 1. The predicted octanol–water partition coefficient (Wildman–Crippen LogP) is 1.68. The van der Waals surface area contributed by atoms with Gasteiger partial charge in [-0.15, -0.1) is 0 Å². The molecular formula is C18H19N5O3S. The average molecular weight is 385 g/mol. The van der Waals surface area contributed by atoms with Gasteiger partial charge in [0.25, 0.3) is 5.91 Å². The van der Waals surface area contributed by atoms with Crippen molar-refractivity contribution in [2.75, 3.05) is 11.6 Å². The largest absolute Gasteiger partial charge is 0.370 e. The molecule has 140 valence electrons. The monoisotopic (exact) mass is 385 g/mol. The Balaban J connectivity index is 2.61. The van der Waals surface area contributed by atoms with E-state index in [4.69, 9.17) is 16.7 Å². The van der Waals surface area contributed by atoms with Crippen molar-refractivity contribution in [1.29, 1.82) is 5.26 Å². The molecule has 8 nitrogen and oxygen atoms in total. The molecule has 0 unspecified atom stereocenters. The van der Waals surface area contributed by atoms with Crippen LogP contribution in [0.3, 0.4) is 0 Å². The fourth-order valence-corrected chi connectivity index (χ4v) is 3.32. The van der Waals surface area contributed by atoms with Gasteiger partial charge in [0, 0.05) is 17.5 Å². The van der Waals surface area contributed by atoms with Crippen LogP contribution in [0.15, 0.2) is 46.3 Å². The third-order valence-electron chi connectivity index (χ3n) is 3.74. The van der Waals surface area contributed by atoms with Crippen LogP contribution in [0.25, 0.3) is 0 Å². The lowest BCUT2D eigenvalue weighted by atomic mass is 10.0. The van der Waals surface area contributed by atoms with Gasteiger partial charge >= 0.3 is 0 Å². The first kappa shape index (κ1) is 19.9. The first-order valence-electron chi connectivity index (χ1n) is 7.93. The van der Waals surface area contributed by atoms with Gasteiger partial charge in [0.15, 0.2) is 15.8 Å². The van der Waals surface area contributed by atoms with Gasteiger partial charge in [-0.3, -0.25) is 4.79 Å². The van der Waals surface area contributed by atoms with E-state index in [9.17, 15) is 13.2 Å². The second kappa shape index (κ2) is 7.88. The fourth-order valence-electron chi connectivity index (χ4n) is 2.48. The van der Waals surface area contributed by atoms with Crippen LogP contribution in [-0.4, -0.2) is 26.5 Å². The maximum Gasteiger partial charge on any atom is 0.280 e. The molecule has 5 N–H and O–H groups in total. The highest BCUT2D eigenvalue weighted by Crippen LogP contribution is 2.30. The van der Waals surface area contributed by atoms with E-state index in [-0.39, 0.29) is 10.5 Å². The third-order valence-corrected chi connectivity index (χ3v) is 4.88. The number of guanidine groups is 1. The van der Waals surface area contributed by atoms with Crippen molar-refractivity contribution >= 4 is 33.1 Å². The first-order chi connectivity index (χ1) is 12.7. The van der Waals surface area contributed by atoms with Crippen LogP contribution in [-0.2, 0) is 16.3 Å². The van der Waals surface area contributed by atoms with Crippen molar-refractivity contribution in [2.24, 2.45) is 16.5 Å². The van der Waals surface area contributed by atoms with Crippen LogP contribution < -0.4 is 16.8 Å². The fraction of sp³-hybridized carbons (Fsp3) is 0.167. The van der Waals surface area contributed by atoms with E-state index in [2.05, 4.69) is 10.3 Å². The van der Waals surface area contributed by atoms with Gasteiger partial charge in [0.2, 0.25) is 0 Å². The van der Waals surface area contributed by atoms with Crippen LogP contribution in [0.2, 0.25) is 0 Å². The molecule has 0 aliphatic heterocycles. The van der Waals surface area contributed by atoms with E-state index in [1.807, 2.05) is 13.0 Å². The standard InChI is InChI=1S/C18H19N5O3S/c1-3-12-8-15(22-13-6-4-11(10-19)5-7-13)16(27(2,25)26)9-14(12)17(24)23-18(20)21/h4-9,22H,3H2,1-2H3,(H4,20,21,23,24). The second-order valence-corrected chi connectivity index (χ2v) is 7.77. The Hall–Kier alpha value is -3.38. The van der Waals surface area contributed by atoms with Crippen molar-refractivity contribution in [2.45, 2.75) is 18.2 Å². The van der Waals surface area contributed by atoms with E-state index >= 15 is 0 Å². The summed E-state index contributed by atoms with van der Waals surface area (Å²) in [5.74, 6) is -1.11. The lowest BCUT2D eigenvalue weighted by molar-refractivity contribution is 0.100. The van der Waals surface area contributed by atoms with Crippen LogP contribution >= 0.6 is 0 Å². The van der Waals surface area contributed by atoms with Crippen molar-refractivity contribution in [1.82, 2.24) is 0 Å². The van der Waals surface area contributed by atoms with Gasteiger partial charge in [-0.1, -0.05) is 6.92 Å². The third kappa shape index (κ3) is 4.83. The number of carbonyl (C=O) groups is 1. The molecule has 0 spiro atoms. The molecule has 1 amide bonds. The molecule has 0 saturated heterocycles. The van der Waals surface area contributed by atoms with Gasteiger partial charge in [0.05, 0.1) is 22.2 Å². The molecule has 0 saturated carbocycles. The summed E-state index contributed by atoms with van der Waals surface area (Å²) in [6, 6.07) is 11.4. The molecule has 2 rings (SSSR count). The Morgan fingerprint density at radius 2 is 1.85 bits per heavy atom. The number of hydrogen-bond donors (Lipinski definition) is 3. The van der Waals surface area contributed by atoms with Crippen molar-refractivity contribution in [3.05, 3.63) is 53.1 Å². The molecular weight excluding hydrogens is 366 g/mol. The number of amides is 1. The molecule has 0 heterocycles. The molecule has 2 aromatic rings. The van der Waals surface area contributed by atoms with Crippen LogP contribution in [0.5, 0.6) is 0 Å². The lowest BCUT2D eigenvalue weighted by Gasteiger charge is -2.15. The van der Waals surface area contributed by atoms with Crippen molar-refractivity contribution < 1.29 is 13.2 Å². The van der Waals surface area contributed by atoms with Crippen LogP contribution in [0.1, 0.15) is 28.4 Å². The molecule has 0 aromatic heterocycles. The summed E-state index contributed by atoms with van der Waals surface area (Å²) < 4.78 is 24.5. The Labute approximate surface area is 157 Å². The van der Waals surface area contributed by atoms with Gasteiger partial charge in [-0.05, 0) is 48.4 Å². The number of carbonyl (C=O) groups excluding carboxylic acids is 1. The van der Waals surface area contributed by atoms with E-state index in [0.29, 0.717) is 28.9 Å². The zero-order valence-electron chi connectivity index (χ0n) is 14.9. The zero-order valence-corrected chi connectivity index (χ0v) is 15.7. The summed E-state index contributed by atoms with van der Waals surface area (Å²) in [6.45, 7) is 1.83. The molecule has 0 bridgehead atoms. The number of aliphatic imine (C=N–C) groups is 1. The molecule has 27 heavy (non-hydrogen) atoms. The topological polar surface area (TPSA) is 151 Å². The highest BCUT2D eigenvalue weighted by atomic mass is 32.2. The van der Waals surface area contributed by atoms with Crippen molar-refractivity contribution in [3.8, 4) is 6.07 Å². The SMILES string of the molecule is CCc1cc(Nc2ccc(C#N)cc2)c(S(C)(=O)=O)cc1C(=O)N=C(N)N. The highest BCUT2D eigenvalue weighted by molar-refractivity contribution is 7.90. The maximum absolute atomic E-state index is 12.3. The lowest BCUT2D eigenvalue weighted by Crippen LogP contribution is -2.24. The van der Waals surface area contributed by atoms with E-state index in [1.54, 1.807) is 30.3 Å². The number of hydrogen-bond acceptors (Lipinski definition) is 5. The van der Waals surface area contributed by atoms with Gasteiger partial charge in [0.1, 0.15) is 0 Å². The highest BCUT2D eigenvalue weighted by Gasteiger charge is 2.20. The Bertz CT molecular complexity index is 1050. The normalized spacial score (nSPS) is 10.7. The zero-order chi connectivity index (χ0) is 20.2. The van der Waals surface area contributed by atoms with E-state index in [1.165, 1.54) is 6.07 Å².